The van der Waals surface area contributed by atoms with Crippen molar-refractivity contribution in [2.24, 2.45) is 0 Å². The van der Waals surface area contributed by atoms with Gasteiger partial charge in [-0.05, 0) is 25.8 Å². The summed E-state index contributed by atoms with van der Waals surface area (Å²) in [5.74, 6) is 0.209. The summed E-state index contributed by atoms with van der Waals surface area (Å²) in [6.45, 7) is 8.31. The number of hydrogen-bond donors (Lipinski definition) is 2. The van der Waals surface area contributed by atoms with E-state index in [-0.39, 0.29) is 8.76 Å². The fraction of sp³-hybridized carbons (Fsp3) is 0.923. The van der Waals surface area contributed by atoms with Gasteiger partial charge in [0.15, 0.2) is 0 Å². The molecule has 2 N–H and O–H groups in total. The van der Waals surface area contributed by atoms with Gasteiger partial charge in [-0.25, -0.2) is 0 Å². The van der Waals surface area contributed by atoms with Crippen LogP contribution in [0, 0.1) is 0 Å². The van der Waals surface area contributed by atoms with Crippen LogP contribution in [0.3, 0.4) is 0 Å². The summed E-state index contributed by atoms with van der Waals surface area (Å²) in [5.41, 5.74) is 0. The molecule has 0 radical (unpaired) electrons. The van der Waals surface area contributed by atoms with E-state index in [2.05, 4.69) is 31.4 Å². The lowest BCUT2D eigenvalue weighted by Gasteiger charge is -2.07. The van der Waals surface area contributed by atoms with Crippen LogP contribution in [-0.4, -0.2) is 25.0 Å². The molecule has 0 spiro atoms. The molecule has 0 aromatic rings. The zero-order valence-electron chi connectivity index (χ0n) is 11.1. The van der Waals surface area contributed by atoms with Crippen LogP contribution in [0.1, 0.15) is 62.1 Å². The van der Waals surface area contributed by atoms with Gasteiger partial charge in [-0.2, -0.15) is 0 Å². The molecule has 0 bridgehead atoms. The SMILES string of the molecule is CCCCCNC(=O)CCCCNC(C)C.[HH].[HH]. The van der Waals surface area contributed by atoms with E-state index in [0.29, 0.717) is 12.5 Å². The molecule has 3 nitrogen and oxygen atoms in total. The van der Waals surface area contributed by atoms with Crippen LogP contribution in [-0.2, 0) is 4.79 Å². The van der Waals surface area contributed by atoms with E-state index in [0.717, 1.165) is 32.4 Å². The predicted molar refractivity (Wildman–Crippen MR) is 73.8 cm³/mol. The third-order valence-electron chi connectivity index (χ3n) is 2.49. The smallest absolute Gasteiger partial charge is 0.219 e. The highest BCUT2D eigenvalue weighted by atomic mass is 16.1. The largest absolute Gasteiger partial charge is 0.356 e. The van der Waals surface area contributed by atoms with Crippen LogP contribution >= 0.6 is 0 Å². The van der Waals surface area contributed by atoms with Crippen molar-refractivity contribution in [1.29, 1.82) is 0 Å². The van der Waals surface area contributed by atoms with Crippen molar-refractivity contribution in [3.05, 3.63) is 0 Å². The number of carbonyl (C=O) groups excluding carboxylic acids is 1. The van der Waals surface area contributed by atoms with Crippen LogP contribution in [0.15, 0.2) is 0 Å². The number of amides is 1. The molecule has 1 amide bonds. The zero-order valence-corrected chi connectivity index (χ0v) is 11.1. The third kappa shape index (κ3) is 11.5. The second kappa shape index (κ2) is 10.9. The number of nitrogens with one attached hydrogen (secondary N) is 2. The lowest BCUT2D eigenvalue weighted by atomic mass is 10.2. The van der Waals surface area contributed by atoms with E-state index in [1.807, 2.05) is 0 Å². The molecule has 100 valence electrons. The first-order valence-electron chi connectivity index (χ1n) is 6.67. The van der Waals surface area contributed by atoms with Gasteiger partial charge < -0.3 is 10.6 Å². The van der Waals surface area contributed by atoms with E-state index in [9.17, 15) is 4.79 Å². The summed E-state index contributed by atoms with van der Waals surface area (Å²) >= 11 is 0. The van der Waals surface area contributed by atoms with Gasteiger partial charge in [-0.1, -0.05) is 33.6 Å². The highest BCUT2D eigenvalue weighted by molar-refractivity contribution is 5.75. The van der Waals surface area contributed by atoms with Crippen LogP contribution in [0.2, 0.25) is 0 Å². The van der Waals surface area contributed by atoms with Gasteiger partial charge >= 0.3 is 0 Å². The van der Waals surface area contributed by atoms with E-state index in [4.69, 9.17) is 0 Å². The van der Waals surface area contributed by atoms with Gasteiger partial charge in [-0.3, -0.25) is 4.79 Å². The zero-order chi connectivity index (χ0) is 12.2. The first-order chi connectivity index (χ1) is 7.66. The minimum Gasteiger partial charge on any atom is -0.356 e. The molecule has 0 aromatic carbocycles. The summed E-state index contributed by atoms with van der Waals surface area (Å²) in [5, 5.41) is 6.31. The van der Waals surface area contributed by atoms with Crippen molar-refractivity contribution >= 4 is 5.91 Å². The molecule has 0 atom stereocenters. The molecule has 0 aliphatic rings. The lowest BCUT2D eigenvalue weighted by molar-refractivity contribution is -0.121. The molecule has 0 unspecified atom stereocenters. The maximum Gasteiger partial charge on any atom is 0.219 e. The van der Waals surface area contributed by atoms with Crippen molar-refractivity contribution < 1.29 is 7.65 Å². The highest BCUT2D eigenvalue weighted by Gasteiger charge is 2.00. The molecule has 0 aliphatic heterocycles. The number of rotatable bonds is 10. The molecular weight excluding hydrogens is 200 g/mol. The molecule has 16 heavy (non-hydrogen) atoms. The summed E-state index contributed by atoms with van der Waals surface area (Å²) < 4.78 is 0. The molecule has 0 rings (SSSR count). The lowest BCUT2D eigenvalue weighted by Crippen LogP contribution is -2.25. The van der Waals surface area contributed by atoms with Gasteiger partial charge in [-0.15, -0.1) is 0 Å². The van der Waals surface area contributed by atoms with Gasteiger partial charge in [0.1, 0.15) is 0 Å². The fourth-order valence-corrected chi connectivity index (χ4v) is 1.49. The van der Waals surface area contributed by atoms with E-state index < -0.39 is 0 Å². The van der Waals surface area contributed by atoms with Gasteiger partial charge in [0, 0.05) is 21.9 Å². The molecular formula is C13H32N2O. The monoisotopic (exact) mass is 232 g/mol. The average Bonchev–Trinajstić information content (AvgIpc) is 2.23. The average molecular weight is 232 g/mol. The number of hydrogen-bond acceptors (Lipinski definition) is 2. The van der Waals surface area contributed by atoms with Gasteiger partial charge in [0.05, 0.1) is 0 Å². The fourth-order valence-electron chi connectivity index (χ4n) is 1.49. The Kier molecular flexibility index (Phi) is 10.5. The maximum absolute atomic E-state index is 11.4. The molecule has 0 saturated heterocycles. The Hall–Kier alpha value is -0.570. The second-order valence-electron chi connectivity index (χ2n) is 4.62. The minimum atomic E-state index is 0. The van der Waals surface area contributed by atoms with Crippen molar-refractivity contribution in [2.75, 3.05) is 13.1 Å². The van der Waals surface area contributed by atoms with E-state index in [1.165, 1.54) is 12.8 Å². The van der Waals surface area contributed by atoms with E-state index in [1.54, 1.807) is 0 Å². The molecule has 3 heteroatoms. The Morgan fingerprint density at radius 3 is 2.44 bits per heavy atom. The standard InChI is InChI=1S/C13H28N2O.2H2/c1-4-5-7-11-15-13(16)9-6-8-10-14-12(2)3;;/h12,14H,4-11H2,1-3H3,(H,15,16);2*1H. The minimum absolute atomic E-state index is 0. The van der Waals surface area contributed by atoms with Crippen LogP contribution < -0.4 is 10.6 Å². The van der Waals surface area contributed by atoms with Crippen molar-refractivity contribution in [3.63, 3.8) is 0 Å². The third-order valence-corrected chi connectivity index (χ3v) is 2.49. The number of unbranched alkanes of at least 4 members (excludes halogenated alkanes) is 3. The summed E-state index contributed by atoms with van der Waals surface area (Å²) in [6, 6.07) is 0.544. The quantitative estimate of drug-likeness (QED) is 0.569. The molecule has 0 aromatic heterocycles. The Labute approximate surface area is 103 Å². The van der Waals surface area contributed by atoms with Crippen molar-refractivity contribution in [3.8, 4) is 0 Å². The van der Waals surface area contributed by atoms with Crippen molar-refractivity contribution in [1.82, 2.24) is 10.6 Å². The summed E-state index contributed by atoms with van der Waals surface area (Å²) in [7, 11) is 0. The molecule has 0 saturated carbocycles. The normalized spacial score (nSPS) is 10.8. The van der Waals surface area contributed by atoms with Crippen LogP contribution in [0.4, 0.5) is 0 Å². The van der Waals surface area contributed by atoms with Gasteiger partial charge in [0.25, 0.3) is 0 Å². The Morgan fingerprint density at radius 1 is 1.12 bits per heavy atom. The topological polar surface area (TPSA) is 41.1 Å². The molecule has 0 fully saturated rings. The van der Waals surface area contributed by atoms with Crippen LogP contribution in [0.5, 0.6) is 0 Å². The first-order valence-corrected chi connectivity index (χ1v) is 6.67. The Bertz CT molecular complexity index is 178. The summed E-state index contributed by atoms with van der Waals surface area (Å²) in [6.07, 6.45) is 6.26. The Morgan fingerprint density at radius 2 is 1.81 bits per heavy atom. The first kappa shape index (κ1) is 15.4. The molecule has 0 heterocycles. The van der Waals surface area contributed by atoms with Crippen molar-refractivity contribution in [2.45, 2.75) is 65.3 Å². The maximum atomic E-state index is 11.4. The van der Waals surface area contributed by atoms with E-state index >= 15 is 0 Å². The Balaban J connectivity index is -0.00000112. The van der Waals surface area contributed by atoms with Gasteiger partial charge in [0.2, 0.25) is 5.91 Å². The second-order valence-corrected chi connectivity index (χ2v) is 4.62. The van der Waals surface area contributed by atoms with Crippen LogP contribution in [0.25, 0.3) is 0 Å². The predicted octanol–water partition coefficient (Wildman–Crippen LogP) is 2.95. The number of carbonyl (C=O) groups is 1. The molecule has 0 aliphatic carbocycles. The highest BCUT2D eigenvalue weighted by Crippen LogP contribution is 1.96. The summed E-state index contributed by atoms with van der Waals surface area (Å²) in [4.78, 5) is 11.4.